The number of aliphatic hydroxyl groups excluding tert-OH is 5. The van der Waals surface area contributed by atoms with Gasteiger partial charge in [0, 0.05) is 12.8 Å². The second kappa shape index (κ2) is 69.2. The van der Waals surface area contributed by atoms with Crippen LogP contribution >= 0.6 is 0 Å². The number of esters is 1. The Bertz CT molecular complexity index is 1810. The molecule has 7 unspecified atom stereocenters. The number of allylic oxidation sites excluding steroid dienone is 13. The molecule has 534 valence electrons. The van der Waals surface area contributed by atoms with Gasteiger partial charge >= 0.3 is 5.97 Å². The van der Waals surface area contributed by atoms with E-state index in [1.54, 1.807) is 6.08 Å². The first-order valence-electron chi connectivity index (χ1n) is 38.9. The first kappa shape index (κ1) is 86.9. The normalized spacial score (nSPS) is 18.0. The van der Waals surface area contributed by atoms with Gasteiger partial charge < -0.3 is 45.1 Å². The average molecular weight is 1290 g/mol. The Balaban J connectivity index is 1.94. The van der Waals surface area contributed by atoms with E-state index in [1.165, 1.54) is 244 Å². The van der Waals surface area contributed by atoms with Crippen LogP contribution in [0.3, 0.4) is 0 Å². The van der Waals surface area contributed by atoms with Gasteiger partial charge in [0.15, 0.2) is 6.29 Å². The average Bonchev–Trinajstić information content (AvgIpc) is 1.10. The van der Waals surface area contributed by atoms with Gasteiger partial charge in [0.2, 0.25) is 5.91 Å². The number of unbranched alkanes of at least 4 members (excludes halogenated alkanes) is 42. The van der Waals surface area contributed by atoms with Gasteiger partial charge in [-0.3, -0.25) is 9.59 Å². The predicted octanol–water partition coefficient (Wildman–Crippen LogP) is 20.8. The minimum atomic E-state index is -1.58. The summed E-state index contributed by atoms with van der Waals surface area (Å²) in [4.78, 5) is 25.1. The van der Waals surface area contributed by atoms with Crippen molar-refractivity contribution in [3.8, 4) is 0 Å². The van der Waals surface area contributed by atoms with E-state index in [0.29, 0.717) is 19.4 Å². The summed E-state index contributed by atoms with van der Waals surface area (Å²) in [6, 6.07) is -0.835. The summed E-state index contributed by atoms with van der Waals surface area (Å²) >= 11 is 0. The van der Waals surface area contributed by atoms with Crippen molar-refractivity contribution < 1.29 is 49.3 Å². The molecule has 1 rings (SSSR count). The molecular formula is C81H145NO10. The van der Waals surface area contributed by atoms with E-state index in [4.69, 9.17) is 14.2 Å². The van der Waals surface area contributed by atoms with Crippen molar-refractivity contribution in [2.75, 3.05) is 19.8 Å². The molecular weight excluding hydrogens is 1150 g/mol. The zero-order chi connectivity index (χ0) is 66.5. The van der Waals surface area contributed by atoms with Crippen LogP contribution in [-0.4, -0.2) is 100 Å². The number of carbonyl (C=O) groups is 2. The molecule has 1 saturated heterocycles. The van der Waals surface area contributed by atoms with Crippen molar-refractivity contribution in [2.24, 2.45) is 0 Å². The van der Waals surface area contributed by atoms with E-state index in [9.17, 15) is 35.1 Å². The lowest BCUT2D eigenvalue weighted by Crippen LogP contribution is -2.60. The number of ether oxygens (including phenoxy) is 3. The maximum absolute atomic E-state index is 13.1. The molecule has 1 aliphatic heterocycles. The van der Waals surface area contributed by atoms with Gasteiger partial charge in [0.1, 0.15) is 24.4 Å². The standard InChI is InChI=1S/C81H145NO10/c1-3-5-7-9-11-13-15-17-44-47-51-55-59-63-67-74(84)73(72-91-81-80(89)79(88)78(87)75(71-83)92-81)82-76(85)68-64-60-56-52-48-45-41-39-37-35-33-31-29-27-25-23-21-19-18-20-22-24-26-28-30-32-34-36-38-40-42-46-50-54-58-62-66-70-90-77(86)69-65-61-57-53-49-43-16-14-12-10-8-6-4-2/h8,10,13-16,18,20,24,26,47,51,63,67,73-75,78-81,83-84,87-89H,3-7,9,11-12,17,19,21-23,25,27-46,48-50,52-62,64-66,68-72H2,1-2H3,(H,82,85)/b10-8-,15-13+,16-14-,20-18-,26-24-,51-47+,67-63+. The molecule has 92 heavy (non-hydrogen) atoms. The van der Waals surface area contributed by atoms with Crippen LogP contribution in [0.15, 0.2) is 85.1 Å². The fraction of sp³-hybridized carbons (Fsp3) is 0.802. The van der Waals surface area contributed by atoms with Crippen LogP contribution in [0.4, 0.5) is 0 Å². The molecule has 1 heterocycles. The Morgan fingerprint density at radius 1 is 0.402 bits per heavy atom. The quantitative estimate of drug-likeness (QED) is 0.0195. The van der Waals surface area contributed by atoms with E-state index in [0.717, 1.165) is 83.5 Å². The molecule has 1 amide bonds. The Morgan fingerprint density at radius 2 is 0.761 bits per heavy atom. The topological polar surface area (TPSA) is 175 Å². The maximum Gasteiger partial charge on any atom is 0.305 e. The molecule has 0 aromatic rings. The third-order valence-electron chi connectivity index (χ3n) is 17.9. The molecule has 0 spiro atoms. The zero-order valence-corrected chi connectivity index (χ0v) is 59.5. The first-order valence-corrected chi connectivity index (χ1v) is 38.9. The van der Waals surface area contributed by atoms with Gasteiger partial charge in [0.05, 0.1) is 32.0 Å². The van der Waals surface area contributed by atoms with Crippen molar-refractivity contribution in [3.63, 3.8) is 0 Å². The summed E-state index contributed by atoms with van der Waals surface area (Å²) in [6.45, 7) is 4.26. The van der Waals surface area contributed by atoms with Crippen LogP contribution in [0.1, 0.15) is 354 Å². The van der Waals surface area contributed by atoms with Crippen LogP contribution in [0, 0.1) is 0 Å². The van der Waals surface area contributed by atoms with E-state index in [-0.39, 0.29) is 18.5 Å². The lowest BCUT2D eigenvalue weighted by atomic mass is 9.99. The fourth-order valence-electron chi connectivity index (χ4n) is 11.8. The van der Waals surface area contributed by atoms with Gasteiger partial charge in [-0.25, -0.2) is 0 Å². The molecule has 1 fully saturated rings. The summed E-state index contributed by atoms with van der Waals surface area (Å²) < 4.78 is 16.7. The smallest absolute Gasteiger partial charge is 0.305 e. The summed E-state index contributed by atoms with van der Waals surface area (Å²) in [5.74, 6) is -0.197. The van der Waals surface area contributed by atoms with E-state index >= 15 is 0 Å². The fourth-order valence-corrected chi connectivity index (χ4v) is 11.8. The molecule has 11 nitrogen and oxygen atoms in total. The van der Waals surface area contributed by atoms with E-state index in [2.05, 4.69) is 92.1 Å². The summed E-state index contributed by atoms with van der Waals surface area (Å²) in [7, 11) is 0. The van der Waals surface area contributed by atoms with Crippen LogP contribution in [-0.2, 0) is 23.8 Å². The van der Waals surface area contributed by atoms with Gasteiger partial charge in [-0.05, 0) is 116 Å². The van der Waals surface area contributed by atoms with E-state index in [1.807, 2.05) is 6.08 Å². The molecule has 6 N–H and O–H groups in total. The van der Waals surface area contributed by atoms with Crippen molar-refractivity contribution in [3.05, 3.63) is 85.1 Å². The minimum absolute atomic E-state index is 0.00355. The van der Waals surface area contributed by atoms with Crippen LogP contribution in [0.5, 0.6) is 0 Å². The SMILES string of the molecule is CCC/C=C\C/C=C\CCCCCCCC(=O)OCCCCCCCCCCCCCCC/C=C\C/C=C\CCCCCCCCCCCCCCCCCCCC(=O)NC(COC1OC(CO)C(O)C(O)C1O)C(O)/C=C/CC/C=C/CC/C=C/CCCCCC. The Labute approximate surface area is 565 Å². The summed E-state index contributed by atoms with van der Waals surface area (Å²) in [5.41, 5.74) is 0. The van der Waals surface area contributed by atoms with Gasteiger partial charge in [0.25, 0.3) is 0 Å². The minimum Gasteiger partial charge on any atom is -0.466 e. The molecule has 0 radical (unpaired) electrons. The third-order valence-corrected chi connectivity index (χ3v) is 17.9. The molecule has 11 heteroatoms. The second-order valence-corrected chi connectivity index (χ2v) is 26.7. The molecule has 0 aliphatic carbocycles. The second-order valence-electron chi connectivity index (χ2n) is 26.7. The predicted molar refractivity (Wildman–Crippen MR) is 389 cm³/mol. The number of rotatable bonds is 68. The number of amides is 1. The van der Waals surface area contributed by atoms with Gasteiger partial charge in [-0.1, -0.05) is 311 Å². The van der Waals surface area contributed by atoms with Crippen LogP contribution in [0.25, 0.3) is 0 Å². The number of hydrogen-bond acceptors (Lipinski definition) is 10. The highest BCUT2D eigenvalue weighted by molar-refractivity contribution is 5.76. The van der Waals surface area contributed by atoms with Crippen molar-refractivity contribution >= 4 is 11.9 Å². The van der Waals surface area contributed by atoms with E-state index < -0.39 is 49.5 Å². The largest absolute Gasteiger partial charge is 0.466 e. The van der Waals surface area contributed by atoms with Gasteiger partial charge in [-0.2, -0.15) is 0 Å². The Hall–Kier alpha value is -3.16. The Morgan fingerprint density at radius 3 is 1.18 bits per heavy atom. The lowest BCUT2D eigenvalue weighted by molar-refractivity contribution is -0.302. The number of nitrogens with one attached hydrogen (secondary N) is 1. The number of carbonyl (C=O) groups excluding carboxylic acids is 2. The molecule has 7 atom stereocenters. The summed E-state index contributed by atoms with van der Waals surface area (Å²) in [5, 5.41) is 54.5. The zero-order valence-electron chi connectivity index (χ0n) is 59.5. The number of aliphatic hydroxyl groups is 5. The van der Waals surface area contributed by atoms with Crippen LogP contribution in [0.2, 0.25) is 0 Å². The first-order chi connectivity index (χ1) is 45.2. The molecule has 1 aliphatic rings. The lowest BCUT2D eigenvalue weighted by Gasteiger charge is -2.40. The monoisotopic (exact) mass is 1290 g/mol. The molecule has 0 aromatic carbocycles. The maximum atomic E-state index is 13.1. The molecule has 0 saturated carbocycles. The van der Waals surface area contributed by atoms with Crippen LogP contribution < -0.4 is 5.32 Å². The Kier molecular flexibility index (Phi) is 65.3. The highest BCUT2D eigenvalue weighted by Gasteiger charge is 2.44. The molecule has 0 aromatic heterocycles. The summed E-state index contributed by atoms with van der Waals surface area (Å²) in [6.07, 6.45) is 86.0. The number of hydrogen-bond donors (Lipinski definition) is 6. The highest BCUT2D eigenvalue weighted by Crippen LogP contribution is 2.23. The van der Waals surface area contributed by atoms with Crippen molar-refractivity contribution in [1.82, 2.24) is 5.32 Å². The third kappa shape index (κ3) is 57.1. The van der Waals surface area contributed by atoms with Crippen molar-refractivity contribution in [1.29, 1.82) is 0 Å². The van der Waals surface area contributed by atoms with Crippen molar-refractivity contribution in [2.45, 2.75) is 397 Å². The highest BCUT2D eigenvalue weighted by atomic mass is 16.7. The van der Waals surface area contributed by atoms with Gasteiger partial charge in [-0.15, -0.1) is 0 Å². The molecule has 0 bridgehead atoms.